The summed E-state index contributed by atoms with van der Waals surface area (Å²) in [4.78, 5) is 0. The number of fused-ring (bicyclic) bond motifs is 1. The van der Waals surface area contributed by atoms with E-state index in [2.05, 4.69) is 37.3 Å². The van der Waals surface area contributed by atoms with Gasteiger partial charge in [-0.2, -0.15) is 0 Å². The van der Waals surface area contributed by atoms with Gasteiger partial charge in [0.15, 0.2) is 0 Å². The largest absolute Gasteiger partial charge is 0.320 e. The zero-order valence-electron chi connectivity index (χ0n) is 11.3. The van der Waals surface area contributed by atoms with Gasteiger partial charge in [-0.15, -0.1) is 0 Å². The fourth-order valence-electron chi connectivity index (χ4n) is 2.68. The van der Waals surface area contributed by atoms with Crippen molar-refractivity contribution in [2.45, 2.75) is 13.0 Å². The normalized spacial score (nSPS) is 12.6. The van der Waals surface area contributed by atoms with Crippen molar-refractivity contribution < 1.29 is 0 Å². The molecule has 0 amide bonds. The fraction of sp³-hybridized carbons (Fsp3) is 0.111. The summed E-state index contributed by atoms with van der Waals surface area (Å²) < 4.78 is 0. The van der Waals surface area contributed by atoms with Crippen LogP contribution in [0, 0.1) is 6.92 Å². The van der Waals surface area contributed by atoms with Crippen LogP contribution in [0.3, 0.4) is 0 Å². The van der Waals surface area contributed by atoms with E-state index in [0.29, 0.717) is 0 Å². The third-order valence-corrected chi connectivity index (χ3v) is 3.94. The molecule has 2 N–H and O–H groups in total. The van der Waals surface area contributed by atoms with Gasteiger partial charge >= 0.3 is 0 Å². The van der Waals surface area contributed by atoms with E-state index in [1.807, 2.05) is 30.3 Å². The first-order valence-electron chi connectivity index (χ1n) is 6.66. The van der Waals surface area contributed by atoms with Crippen LogP contribution in [0.1, 0.15) is 22.7 Å². The molecule has 0 aliphatic heterocycles. The van der Waals surface area contributed by atoms with Crippen LogP contribution in [-0.2, 0) is 0 Å². The molecule has 1 nitrogen and oxygen atoms in total. The van der Waals surface area contributed by atoms with Gasteiger partial charge in [0.2, 0.25) is 0 Å². The predicted molar refractivity (Wildman–Crippen MR) is 86.2 cm³/mol. The quantitative estimate of drug-likeness (QED) is 0.714. The first-order chi connectivity index (χ1) is 9.66. The van der Waals surface area contributed by atoms with Crippen molar-refractivity contribution in [2.75, 3.05) is 0 Å². The molecule has 3 rings (SSSR count). The van der Waals surface area contributed by atoms with E-state index >= 15 is 0 Å². The molecule has 1 atom stereocenters. The molecule has 0 saturated carbocycles. The maximum absolute atomic E-state index is 6.49. The lowest BCUT2D eigenvalue weighted by Gasteiger charge is -2.18. The van der Waals surface area contributed by atoms with Crippen molar-refractivity contribution in [3.05, 3.63) is 82.4 Å². The highest BCUT2D eigenvalue weighted by Crippen LogP contribution is 2.31. The van der Waals surface area contributed by atoms with E-state index < -0.39 is 0 Å². The molecule has 2 heteroatoms. The molecule has 0 spiro atoms. The number of hydrogen-bond acceptors (Lipinski definition) is 1. The molecule has 3 aromatic rings. The lowest BCUT2D eigenvalue weighted by molar-refractivity contribution is 0.871. The second-order valence-electron chi connectivity index (χ2n) is 5.05. The summed E-state index contributed by atoms with van der Waals surface area (Å²) in [5.74, 6) is 0. The van der Waals surface area contributed by atoms with Gasteiger partial charge in [-0.3, -0.25) is 0 Å². The predicted octanol–water partition coefficient (Wildman–Crippen LogP) is 4.85. The van der Waals surface area contributed by atoms with E-state index in [1.54, 1.807) is 0 Å². The van der Waals surface area contributed by atoms with Crippen molar-refractivity contribution in [2.24, 2.45) is 5.73 Å². The molecule has 100 valence electrons. The first kappa shape index (κ1) is 13.2. The van der Waals surface area contributed by atoms with E-state index in [4.69, 9.17) is 17.3 Å². The Bertz CT molecular complexity index is 764. The topological polar surface area (TPSA) is 26.0 Å². The monoisotopic (exact) mass is 281 g/mol. The van der Waals surface area contributed by atoms with Crippen LogP contribution in [-0.4, -0.2) is 0 Å². The zero-order chi connectivity index (χ0) is 14.1. The molecule has 0 bridgehead atoms. The molecule has 0 saturated heterocycles. The summed E-state index contributed by atoms with van der Waals surface area (Å²) in [5, 5.41) is 3.14. The minimum atomic E-state index is -0.167. The number of hydrogen-bond donors (Lipinski definition) is 1. The van der Waals surface area contributed by atoms with Crippen LogP contribution in [0.4, 0.5) is 0 Å². The summed E-state index contributed by atoms with van der Waals surface area (Å²) >= 11 is 6.08. The standard InChI is InChI=1S/C18H16ClN/c1-12-9-10-13-5-2-3-8-16(13)17(12)18(20)14-6-4-7-15(19)11-14/h2-11,18H,20H2,1H3. The zero-order valence-corrected chi connectivity index (χ0v) is 12.1. The molecule has 0 radical (unpaired) electrons. The Morgan fingerprint density at radius 2 is 1.75 bits per heavy atom. The average molecular weight is 282 g/mol. The Labute approximate surface area is 124 Å². The van der Waals surface area contributed by atoms with Gasteiger partial charge in [0, 0.05) is 5.02 Å². The highest BCUT2D eigenvalue weighted by molar-refractivity contribution is 6.30. The van der Waals surface area contributed by atoms with Gasteiger partial charge in [0.05, 0.1) is 6.04 Å². The third-order valence-electron chi connectivity index (χ3n) is 3.71. The Kier molecular flexibility index (Phi) is 3.47. The summed E-state index contributed by atoms with van der Waals surface area (Å²) in [6, 6.07) is 20.2. The maximum atomic E-state index is 6.49. The average Bonchev–Trinajstić information content (AvgIpc) is 2.46. The lowest BCUT2D eigenvalue weighted by Crippen LogP contribution is -2.13. The molecule has 3 aromatic carbocycles. The molecule has 0 fully saturated rings. The molecule has 0 aliphatic rings. The first-order valence-corrected chi connectivity index (χ1v) is 7.04. The summed E-state index contributed by atoms with van der Waals surface area (Å²) in [7, 11) is 0. The van der Waals surface area contributed by atoms with E-state index in [-0.39, 0.29) is 6.04 Å². The molecule has 0 aliphatic carbocycles. The van der Waals surface area contributed by atoms with Gasteiger partial charge in [-0.1, -0.05) is 60.1 Å². The second-order valence-corrected chi connectivity index (χ2v) is 5.49. The number of aryl methyl sites for hydroxylation is 1. The van der Waals surface area contributed by atoms with Crippen molar-refractivity contribution in [1.82, 2.24) is 0 Å². The highest BCUT2D eigenvalue weighted by Gasteiger charge is 2.14. The van der Waals surface area contributed by atoms with Gasteiger partial charge in [-0.05, 0) is 46.5 Å². The number of rotatable bonds is 2. The summed E-state index contributed by atoms with van der Waals surface area (Å²) in [6.45, 7) is 2.10. The third kappa shape index (κ3) is 2.31. The van der Waals surface area contributed by atoms with Crippen LogP contribution in [0.25, 0.3) is 10.8 Å². The summed E-state index contributed by atoms with van der Waals surface area (Å²) in [5.41, 5.74) is 9.91. The number of benzene rings is 3. The van der Waals surface area contributed by atoms with Crippen LogP contribution < -0.4 is 5.73 Å². The molecule has 0 aromatic heterocycles. The highest BCUT2D eigenvalue weighted by atomic mass is 35.5. The number of halogens is 1. The minimum absolute atomic E-state index is 0.167. The van der Waals surface area contributed by atoms with E-state index in [1.165, 1.54) is 21.9 Å². The Morgan fingerprint density at radius 3 is 2.55 bits per heavy atom. The van der Waals surface area contributed by atoms with Crippen LogP contribution >= 0.6 is 11.6 Å². The van der Waals surface area contributed by atoms with Gasteiger partial charge < -0.3 is 5.73 Å². The van der Waals surface area contributed by atoms with Gasteiger partial charge in [-0.25, -0.2) is 0 Å². The Morgan fingerprint density at radius 1 is 0.950 bits per heavy atom. The van der Waals surface area contributed by atoms with E-state index in [0.717, 1.165) is 10.6 Å². The van der Waals surface area contributed by atoms with Crippen molar-refractivity contribution in [3.8, 4) is 0 Å². The Hall–Kier alpha value is -1.83. The molecule has 20 heavy (non-hydrogen) atoms. The fourth-order valence-corrected chi connectivity index (χ4v) is 2.88. The van der Waals surface area contributed by atoms with Crippen LogP contribution in [0.15, 0.2) is 60.7 Å². The molecular formula is C18H16ClN. The van der Waals surface area contributed by atoms with Gasteiger partial charge in [0.25, 0.3) is 0 Å². The smallest absolute Gasteiger partial charge is 0.0560 e. The Balaban J connectivity index is 2.21. The SMILES string of the molecule is Cc1ccc2ccccc2c1C(N)c1cccc(Cl)c1. The van der Waals surface area contributed by atoms with Crippen molar-refractivity contribution in [1.29, 1.82) is 0 Å². The minimum Gasteiger partial charge on any atom is -0.320 e. The number of nitrogens with two attached hydrogens (primary N) is 1. The summed E-state index contributed by atoms with van der Waals surface area (Å²) in [6.07, 6.45) is 0. The lowest BCUT2D eigenvalue weighted by atomic mass is 9.91. The molecule has 1 unspecified atom stereocenters. The van der Waals surface area contributed by atoms with Crippen molar-refractivity contribution >= 4 is 22.4 Å². The second kappa shape index (κ2) is 5.28. The van der Waals surface area contributed by atoms with Crippen LogP contribution in [0.5, 0.6) is 0 Å². The molecular weight excluding hydrogens is 266 g/mol. The maximum Gasteiger partial charge on any atom is 0.0560 e. The van der Waals surface area contributed by atoms with Gasteiger partial charge in [0.1, 0.15) is 0 Å². The molecule has 0 heterocycles. The van der Waals surface area contributed by atoms with Crippen LogP contribution in [0.2, 0.25) is 5.02 Å². The van der Waals surface area contributed by atoms with E-state index in [9.17, 15) is 0 Å². The van der Waals surface area contributed by atoms with Crippen molar-refractivity contribution in [3.63, 3.8) is 0 Å².